The normalized spacial score (nSPS) is 42.9. The van der Waals surface area contributed by atoms with E-state index < -0.39 is 0 Å². The number of aryl methyl sites for hydroxylation is 1. The molecule has 0 heterocycles. The van der Waals surface area contributed by atoms with E-state index in [0.717, 1.165) is 32.1 Å². The number of fused-ring (bicyclic) bond motifs is 5. The summed E-state index contributed by atoms with van der Waals surface area (Å²) in [5.41, 5.74) is 2.73. The maximum absolute atomic E-state index is 10.7. The van der Waals surface area contributed by atoms with E-state index >= 15 is 0 Å². The standard InChI is InChI=1S/C20H24O2/c1-3-12-11-18-17-6-4-13-10-14(21)5-7-15(13)16(17)8-9-20(18,2)19(12)22/h1,5,7,10,12,16-19,21-22H,4,6,8-9,11H2,2H3/t12-,16-,17-,18+,19+,20+/m1/s1. The second kappa shape index (κ2) is 4.77. The first-order chi connectivity index (χ1) is 10.5. The Labute approximate surface area is 132 Å². The Balaban J connectivity index is 1.71. The first-order valence-electron chi connectivity index (χ1n) is 8.50. The lowest BCUT2D eigenvalue weighted by Crippen LogP contribution is -2.44. The summed E-state index contributed by atoms with van der Waals surface area (Å²) in [4.78, 5) is 0. The lowest BCUT2D eigenvalue weighted by Gasteiger charge is -2.50. The van der Waals surface area contributed by atoms with Gasteiger partial charge in [0.1, 0.15) is 5.75 Å². The van der Waals surface area contributed by atoms with Gasteiger partial charge in [-0.15, -0.1) is 12.3 Å². The molecule has 0 radical (unpaired) electrons. The van der Waals surface area contributed by atoms with Crippen LogP contribution in [-0.2, 0) is 6.42 Å². The fourth-order valence-corrected chi connectivity index (χ4v) is 5.75. The molecule has 1 aromatic rings. The molecule has 0 saturated heterocycles. The Bertz CT molecular complexity index is 644. The molecular weight excluding hydrogens is 272 g/mol. The molecule has 0 bridgehead atoms. The van der Waals surface area contributed by atoms with Crippen molar-refractivity contribution in [3.8, 4) is 18.1 Å². The second-order valence-electron chi connectivity index (χ2n) is 7.80. The van der Waals surface area contributed by atoms with Gasteiger partial charge in [0.05, 0.1) is 6.10 Å². The van der Waals surface area contributed by atoms with E-state index in [2.05, 4.69) is 18.9 Å². The van der Waals surface area contributed by atoms with Gasteiger partial charge in [0.25, 0.3) is 0 Å². The number of rotatable bonds is 0. The van der Waals surface area contributed by atoms with Crippen LogP contribution in [0.2, 0.25) is 0 Å². The van der Waals surface area contributed by atoms with E-state index in [1.165, 1.54) is 11.1 Å². The molecule has 2 fully saturated rings. The number of benzene rings is 1. The molecule has 22 heavy (non-hydrogen) atoms. The summed E-state index contributed by atoms with van der Waals surface area (Å²) >= 11 is 0. The minimum absolute atomic E-state index is 0.00732. The van der Waals surface area contributed by atoms with Gasteiger partial charge in [-0.2, -0.15) is 0 Å². The van der Waals surface area contributed by atoms with Gasteiger partial charge in [-0.3, -0.25) is 0 Å². The van der Waals surface area contributed by atoms with Gasteiger partial charge < -0.3 is 10.2 Å². The van der Waals surface area contributed by atoms with Gasteiger partial charge in [-0.05, 0) is 78.5 Å². The van der Waals surface area contributed by atoms with Crippen LogP contribution in [0.25, 0.3) is 0 Å². The molecule has 0 spiro atoms. The Morgan fingerprint density at radius 3 is 2.91 bits per heavy atom. The molecule has 4 rings (SSSR count). The third-order valence-corrected chi connectivity index (χ3v) is 6.93. The molecule has 0 unspecified atom stereocenters. The summed E-state index contributed by atoms with van der Waals surface area (Å²) in [7, 11) is 0. The molecule has 0 aliphatic heterocycles. The van der Waals surface area contributed by atoms with Crippen LogP contribution in [0.5, 0.6) is 5.75 Å². The van der Waals surface area contributed by atoms with E-state index in [0.29, 0.717) is 23.5 Å². The Hall–Kier alpha value is -1.46. The number of aliphatic hydroxyl groups is 1. The third-order valence-electron chi connectivity index (χ3n) is 6.93. The van der Waals surface area contributed by atoms with Gasteiger partial charge in [0.2, 0.25) is 0 Å². The fourth-order valence-electron chi connectivity index (χ4n) is 5.75. The average Bonchev–Trinajstić information content (AvgIpc) is 2.78. The molecule has 2 N–H and O–H groups in total. The molecule has 3 aliphatic carbocycles. The van der Waals surface area contributed by atoms with Crippen LogP contribution >= 0.6 is 0 Å². The molecule has 2 saturated carbocycles. The van der Waals surface area contributed by atoms with Crippen LogP contribution < -0.4 is 0 Å². The van der Waals surface area contributed by atoms with E-state index in [1.807, 2.05) is 12.1 Å². The first-order valence-corrected chi connectivity index (χ1v) is 8.50. The lowest BCUT2D eigenvalue weighted by molar-refractivity contribution is -0.0278. The quantitative estimate of drug-likeness (QED) is 0.720. The van der Waals surface area contributed by atoms with Gasteiger partial charge in [0, 0.05) is 5.92 Å². The summed E-state index contributed by atoms with van der Waals surface area (Å²) in [6, 6.07) is 5.88. The number of aliphatic hydroxyl groups excluding tert-OH is 1. The highest BCUT2D eigenvalue weighted by atomic mass is 16.3. The predicted molar refractivity (Wildman–Crippen MR) is 86.4 cm³/mol. The number of phenolic OH excluding ortho intramolecular Hbond substituents is 1. The maximum atomic E-state index is 10.7. The molecule has 0 amide bonds. The van der Waals surface area contributed by atoms with Crippen molar-refractivity contribution in [1.29, 1.82) is 0 Å². The molecule has 0 aromatic heterocycles. The number of hydrogen-bond acceptors (Lipinski definition) is 2. The SMILES string of the molecule is C#C[C@@H]1C[C@H]2[C@@H]3CCc4cc(O)ccc4[C@H]3CC[C@]2(C)[C@H]1O. The maximum Gasteiger partial charge on any atom is 0.115 e. The van der Waals surface area contributed by atoms with Crippen molar-refractivity contribution in [2.45, 2.75) is 51.0 Å². The van der Waals surface area contributed by atoms with E-state index in [-0.39, 0.29) is 17.4 Å². The van der Waals surface area contributed by atoms with Gasteiger partial charge in [0.15, 0.2) is 0 Å². The van der Waals surface area contributed by atoms with Gasteiger partial charge >= 0.3 is 0 Å². The lowest BCUT2D eigenvalue weighted by atomic mass is 9.55. The van der Waals surface area contributed by atoms with Crippen molar-refractivity contribution < 1.29 is 10.2 Å². The first kappa shape index (κ1) is 14.2. The number of terminal acetylenes is 1. The minimum atomic E-state index is -0.343. The van der Waals surface area contributed by atoms with Crippen LogP contribution in [0.1, 0.15) is 49.7 Å². The molecule has 3 aliphatic rings. The zero-order valence-corrected chi connectivity index (χ0v) is 13.1. The van der Waals surface area contributed by atoms with Crippen molar-refractivity contribution in [2.24, 2.45) is 23.2 Å². The highest BCUT2D eigenvalue weighted by molar-refractivity contribution is 5.40. The van der Waals surface area contributed by atoms with Crippen LogP contribution in [0.4, 0.5) is 0 Å². The van der Waals surface area contributed by atoms with Gasteiger partial charge in [-0.1, -0.05) is 13.0 Å². The van der Waals surface area contributed by atoms with Crippen LogP contribution in [0.15, 0.2) is 18.2 Å². The Kier molecular flexibility index (Phi) is 3.07. The Morgan fingerprint density at radius 1 is 1.32 bits per heavy atom. The highest BCUT2D eigenvalue weighted by Gasteiger charge is 2.57. The molecule has 2 heteroatoms. The van der Waals surface area contributed by atoms with Gasteiger partial charge in [-0.25, -0.2) is 0 Å². The van der Waals surface area contributed by atoms with Crippen molar-refractivity contribution in [2.75, 3.05) is 0 Å². The topological polar surface area (TPSA) is 40.5 Å². The second-order valence-corrected chi connectivity index (χ2v) is 7.80. The molecule has 6 atom stereocenters. The monoisotopic (exact) mass is 296 g/mol. The van der Waals surface area contributed by atoms with Crippen molar-refractivity contribution in [3.63, 3.8) is 0 Å². The summed E-state index contributed by atoms with van der Waals surface area (Å²) in [6.45, 7) is 2.25. The number of phenols is 1. The van der Waals surface area contributed by atoms with Crippen molar-refractivity contribution in [1.82, 2.24) is 0 Å². The summed E-state index contributed by atoms with van der Waals surface area (Å²) in [6.07, 6.45) is 10.7. The van der Waals surface area contributed by atoms with Crippen LogP contribution in [0, 0.1) is 35.5 Å². The fraction of sp³-hybridized carbons (Fsp3) is 0.600. The third kappa shape index (κ3) is 1.78. The van der Waals surface area contributed by atoms with Crippen LogP contribution in [-0.4, -0.2) is 16.3 Å². The predicted octanol–water partition coefficient (Wildman–Crippen LogP) is 3.47. The number of hydrogen-bond donors (Lipinski definition) is 2. The molecular formula is C20H24O2. The molecule has 1 aromatic carbocycles. The highest BCUT2D eigenvalue weighted by Crippen LogP contribution is 2.62. The van der Waals surface area contributed by atoms with Crippen LogP contribution in [0.3, 0.4) is 0 Å². The zero-order chi connectivity index (χ0) is 15.5. The minimum Gasteiger partial charge on any atom is -0.508 e. The van der Waals surface area contributed by atoms with E-state index in [1.54, 1.807) is 0 Å². The van der Waals surface area contributed by atoms with Crippen molar-refractivity contribution >= 4 is 0 Å². The smallest absolute Gasteiger partial charge is 0.115 e. The van der Waals surface area contributed by atoms with E-state index in [9.17, 15) is 10.2 Å². The van der Waals surface area contributed by atoms with E-state index in [4.69, 9.17) is 6.42 Å². The zero-order valence-electron chi connectivity index (χ0n) is 13.1. The number of aromatic hydroxyl groups is 1. The Morgan fingerprint density at radius 2 is 2.14 bits per heavy atom. The molecule has 2 nitrogen and oxygen atoms in total. The largest absolute Gasteiger partial charge is 0.508 e. The summed E-state index contributed by atoms with van der Waals surface area (Å²) in [5, 5.41) is 20.4. The summed E-state index contributed by atoms with van der Waals surface area (Å²) in [5.74, 6) is 4.97. The average molecular weight is 296 g/mol. The molecule has 116 valence electrons. The van der Waals surface area contributed by atoms with Crippen molar-refractivity contribution in [3.05, 3.63) is 29.3 Å². The summed E-state index contributed by atoms with van der Waals surface area (Å²) < 4.78 is 0.